The fraction of sp³-hybridized carbons (Fsp3) is 0.0556. The third-order valence-electron chi connectivity index (χ3n) is 4.08. The van der Waals surface area contributed by atoms with Gasteiger partial charge >= 0.3 is 0 Å². The molecule has 4 aromatic rings. The van der Waals surface area contributed by atoms with Gasteiger partial charge in [-0.05, 0) is 53.8 Å². The Bertz CT molecular complexity index is 1140. The van der Waals surface area contributed by atoms with Crippen LogP contribution in [-0.4, -0.2) is 20.9 Å². The molecule has 4 rings (SSSR count). The van der Waals surface area contributed by atoms with Gasteiger partial charge in [0.1, 0.15) is 5.69 Å². The molecule has 0 aliphatic heterocycles. The Balaban J connectivity index is 1.90. The van der Waals surface area contributed by atoms with Crippen molar-refractivity contribution in [3.05, 3.63) is 63.5 Å². The van der Waals surface area contributed by atoms with Crippen LogP contribution in [0.2, 0.25) is 0 Å². The number of nitrogens with one attached hydrogen (secondary N) is 2. The summed E-state index contributed by atoms with van der Waals surface area (Å²) in [4.78, 5) is 23.9. The lowest BCUT2D eigenvalue weighted by Crippen LogP contribution is -2.15. The molecule has 0 atom stereocenters. The van der Waals surface area contributed by atoms with E-state index in [1.165, 1.54) is 0 Å². The number of amides is 1. The lowest BCUT2D eigenvalue weighted by Gasteiger charge is -2.10. The van der Waals surface area contributed by atoms with E-state index in [9.17, 15) is 9.18 Å². The van der Waals surface area contributed by atoms with Crippen LogP contribution >= 0.6 is 22.6 Å². The molecule has 0 aliphatic carbocycles. The van der Waals surface area contributed by atoms with Gasteiger partial charge in [-0.2, -0.15) is 0 Å². The van der Waals surface area contributed by atoms with Crippen molar-refractivity contribution in [2.45, 2.75) is 6.92 Å². The number of H-pyrrole nitrogens is 1. The fourth-order valence-corrected chi connectivity index (χ4v) is 3.44. The summed E-state index contributed by atoms with van der Waals surface area (Å²) in [5.41, 5.74) is 2.45. The largest absolute Gasteiger partial charge is 0.351 e. The molecule has 3 heterocycles. The van der Waals surface area contributed by atoms with Crippen LogP contribution in [0.1, 0.15) is 16.1 Å². The molecule has 0 spiro atoms. The Kier molecular flexibility index (Phi) is 3.87. The smallest absolute Gasteiger partial charge is 0.257 e. The maximum Gasteiger partial charge on any atom is 0.257 e. The topological polar surface area (TPSA) is 70.7 Å². The molecule has 0 radical (unpaired) electrons. The summed E-state index contributed by atoms with van der Waals surface area (Å²) in [6.07, 6.45) is 4.97. The highest BCUT2D eigenvalue weighted by Crippen LogP contribution is 2.34. The molecule has 1 amide bonds. The molecule has 3 aromatic heterocycles. The summed E-state index contributed by atoms with van der Waals surface area (Å²) in [6.45, 7) is 1.74. The van der Waals surface area contributed by atoms with Crippen molar-refractivity contribution in [2.75, 3.05) is 5.32 Å². The van der Waals surface area contributed by atoms with Crippen molar-refractivity contribution >= 4 is 56.0 Å². The number of rotatable bonds is 2. The number of nitrogens with zero attached hydrogens (tertiary/aromatic N) is 2. The van der Waals surface area contributed by atoms with Gasteiger partial charge in [-0.1, -0.05) is 0 Å². The van der Waals surface area contributed by atoms with Crippen LogP contribution < -0.4 is 5.32 Å². The van der Waals surface area contributed by atoms with Crippen LogP contribution in [0.15, 0.2) is 42.9 Å². The number of anilines is 1. The molecule has 2 N–H and O–H groups in total. The van der Waals surface area contributed by atoms with Crippen LogP contribution in [0.5, 0.6) is 0 Å². The molecule has 124 valence electrons. The number of aromatic nitrogens is 3. The van der Waals surface area contributed by atoms with E-state index in [4.69, 9.17) is 0 Å². The molecular weight excluding hydrogens is 434 g/mol. The van der Waals surface area contributed by atoms with Gasteiger partial charge in [-0.3, -0.25) is 14.8 Å². The van der Waals surface area contributed by atoms with E-state index in [2.05, 4.69) is 20.3 Å². The van der Waals surface area contributed by atoms with Crippen LogP contribution in [0, 0.1) is 16.3 Å². The number of aryl methyl sites for hydroxylation is 1. The predicted octanol–water partition coefficient (Wildman–Crippen LogP) is 4.42. The zero-order valence-corrected chi connectivity index (χ0v) is 15.3. The average molecular weight is 446 g/mol. The van der Waals surface area contributed by atoms with Crippen molar-refractivity contribution in [3.8, 4) is 0 Å². The molecule has 0 saturated heterocycles. The number of fused-ring (bicyclic) bond motifs is 3. The number of halogens is 2. The summed E-state index contributed by atoms with van der Waals surface area (Å²) < 4.78 is 15.2. The minimum Gasteiger partial charge on any atom is -0.351 e. The number of benzene rings is 1. The normalized spacial score (nSPS) is 11.2. The number of aromatic amines is 1. The second-order valence-corrected chi connectivity index (χ2v) is 6.77. The minimum atomic E-state index is -0.470. The first-order valence-electron chi connectivity index (χ1n) is 7.52. The van der Waals surface area contributed by atoms with E-state index in [1.807, 2.05) is 28.7 Å². The minimum absolute atomic E-state index is 0.131. The number of hydrogen-bond acceptors (Lipinski definition) is 3. The second kappa shape index (κ2) is 6.07. The van der Waals surface area contributed by atoms with E-state index in [0.717, 1.165) is 16.3 Å². The maximum absolute atomic E-state index is 14.8. The Labute approximate surface area is 155 Å². The summed E-state index contributed by atoms with van der Waals surface area (Å²) in [5, 5.41) is 4.46. The van der Waals surface area contributed by atoms with Gasteiger partial charge in [0.15, 0.2) is 5.82 Å². The lowest BCUT2D eigenvalue weighted by atomic mass is 10.1. The van der Waals surface area contributed by atoms with Gasteiger partial charge in [0.2, 0.25) is 0 Å². The van der Waals surface area contributed by atoms with Crippen molar-refractivity contribution < 1.29 is 9.18 Å². The summed E-state index contributed by atoms with van der Waals surface area (Å²) >= 11 is 1.93. The van der Waals surface area contributed by atoms with Crippen LogP contribution in [0.25, 0.3) is 21.8 Å². The van der Waals surface area contributed by atoms with Crippen molar-refractivity contribution in [3.63, 3.8) is 0 Å². The molecule has 1 aromatic carbocycles. The quantitative estimate of drug-likeness (QED) is 0.448. The molecular formula is C18H12FIN4O. The van der Waals surface area contributed by atoms with Crippen molar-refractivity contribution in [2.24, 2.45) is 0 Å². The highest BCUT2D eigenvalue weighted by Gasteiger charge is 2.19. The number of pyridine rings is 2. The van der Waals surface area contributed by atoms with Gasteiger partial charge in [-0.25, -0.2) is 4.39 Å². The molecule has 7 heteroatoms. The zero-order valence-electron chi connectivity index (χ0n) is 13.1. The van der Waals surface area contributed by atoms with E-state index in [0.29, 0.717) is 20.3 Å². The molecule has 0 unspecified atom stereocenters. The highest BCUT2D eigenvalue weighted by atomic mass is 127. The second-order valence-electron chi connectivity index (χ2n) is 5.61. The maximum atomic E-state index is 14.8. The Morgan fingerprint density at radius 2 is 2.12 bits per heavy atom. The standard InChI is InChI=1S/C18H12FIN4O/c1-9-10(3-2-5-22-9)18(25)24-17-15(19)13(20)7-12-11-4-6-21-8-14(11)23-16(12)17/h2-8,23H,1H3,(H,24,25). The molecule has 5 nitrogen and oxygen atoms in total. The third-order valence-corrected chi connectivity index (χ3v) is 4.87. The molecule has 0 aliphatic rings. The summed E-state index contributed by atoms with van der Waals surface area (Å²) in [7, 11) is 0. The third kappa shape index (κ3) is 2.64. The monoisotopic (exact) mass is 446 g/mol. The fourth-order valence-electron chi connectivity index (χ4n) is 2.85. The van der Waals surface area contributed by atoms with Crippen LogP contribution in [0.4, 0.5) is 10.1 Å². The van der Waals surface area contributed by atoms with Gasteiger partial charge in [0.25, 0.3) is 5.91 Å². The van der Waals surface area contributed by atoms with Gasteiger partial charge in [0, 0.05) is 28.9 Å². The molecule has 25 heavy (non-hydrogen) atoms. The van der Waals surface area contributed by atoms with Crippen LogP contribution in [0.3, 0.4) is 0 Å². The first kappa shape index (κ1) is 15.9. The van der Waals surface area contributed by atoms with Gasteiger partial charge in [0.05, 0.1) is 26.4 Å². The number of hydrogen-bond donors (Lipinski definition) is 2. The van der Waals surface area contributed by atoms with Crippen LogP contribution in [-0.2, 0) is 0 Å². The molecule has 0 bridgehead atoms. The molecule has 0 saturated carbocycles. The van der Waals surface area contributed by atoms with E-state index in [-0.39, 0.29) is 5.69 Å². The number of carbonyl (C=O) groups excluding carboxylic acids is 1. The van der Waals surface area contributed by atoms with E-state index >= 15 is 0 Å². The first-order chi connectivity index (χ1) is 12.1. The summed E-state index contributed by atoms with van der Waals surface area (Å²) in [5.74, 6) is -0.868. The number of carbonyl (C=O) groups is 1. The Morgan fingerprint density at radius 1 is 1.28 bits per heavy atom. The first-order valence-corrected chi connectivity index (χ1v) is 8.60. The van der Waals surface area contributed by atoms with E-state index < -0.39 is 11.7 Å². The Hall–Kier alpha value is -2.55. The lowest BCUT2D eigenvalue weighted by molar-refractivity contribution is 0.102. The van der Waals surface area contributed by atoms with Crippen molar-refractivity contribution in [1.29, 1.82) is 0 Å². The molecule has 0 fully saturated rings. The highest BCUT2D eigenvalue weighted by molar-refractivity contribution is 14.1. The van der Waals surface area contributed by atoms with Gasteiger partial charge < -0.3 is 10.3 Å². The average Bonchev–Trinajstić information content (AvgIpc) is 2.97. The zero-order chi connectivity index (χ0) is 17.6. The van der Waals surface area contributed by atoms with Gasteiger partial charge in [-0.15, -0.1) is 0 Å². The SMILES string of the molecule is Cc1ncccc1C(=O)Nc1c(F)c(I)cc2c1[nH]c1cnccc12. The van der Waals surface area contributed by atoms with E-state index in [1.54, 1.807) is 43.7 Å². The Morgan fingerprint density at radius 3 is 2.92 bits per heavy atom. The van der Waals surface area contributed by atoms with Crippen molar-refractivity contribution in [1.82, 2.24) is 15.0 Å². The summed E-state index contributed by atoms with van der Waals surface area (Å²) in [6, 6.07) is 6.96. The predicted molar refractivity (Wildman–Crippen MR) is 103 cm³/mol.